The van der Waals surface area contributed by atoms with Gasteiger partial charge in [-0.1, -0.05) is 48.5 Å². The number of hydrogen-bond donors (Lipinski definition) is 1. The van der Waals surface area contributed by atoms with E-state index in [1.54, 1.807) is 11.0 Å². The van der Waals surface area contributed by atoms with Gasteiger partial charge in [-0.25, -0.2) is 9.67 Å². The van der Waals surface area contributed by atoms with E-state index in [0.29, 0.717) is 26.2 Å². The van der Waals surface area contributed by atoms with Crippen LogP contribution in [0.15, 0.2) is 67.3 Å². The Hall–Kier alpha value is -2.99. The van der Waals surface area contributed by atoms with E-state index >= 15 is 0 Å². The highest BCUT2D eigenvalue weighted by atomic mass is 16.2. The van der Waals surface area contributed by atoms with E-state index in [-0.39, 0.29) is 17.7 Å². The van der Waals surface area contributed by atoms with Gasteiger partial charge in [-0.2, -0.15) is 5.10 Å². The van der Waals surface area contributed by atoms with Gasteiger partial charge in [0, 0.05) is 24.6 Å². The topological polar surface area (TPSA) is 77.0 Å². The molecule has 2 atom stereocenters. The number of likely N-dealkylation sites (tertiary alicyclic amines) is 1. The lowest BCUT2D eigenvalue weighted by Crippen LogP contribution is -2.30. The van der Waals surface area contributed by atoms with Crippen LogP contribution < -0.4 is 5.73 Å². The number of nitrogens with zero attached hydrogens (tertiary/aromatic N) is 4. The first kappa shape index (κ1) is 17.4. The van der Waals surface area contributed by atoms with Gasteiger partial charge in [-0.15, -0.1) is 0 Å². The molecule has 6 heteroatoms. The van der Waals surface area contributed by atoms with Crippen molar-refractivity contribution in [2.24, 2.45) is 11.7 Å². The van der Waals surface area contributed by atoms with Crippen molar-refractivity contribution in [3.05, 3.63) is 83.9 Å². The average molecular weight is 361 g/mol. The third-order valence-electron chi connectivity index (χ3n) is 5.31. The van der Waals surface area contributed by atoms with E-state index < -0.39 is 0 Å². The molecule has 0 radical (unpaired) electrons. The number of hydrogen-bond acceptors (Lipinski definition) is 4. The molecule has 1 amide bonds. The lowest BCUT2D eigenvalue weighted by Gasteiger charge is -2.19. The van der Waals surface area contributed by atoms with Crippen LogP contribution >= 0.6 is 0 Å². The second-order valence-electron chi connectivity index (χ2n) is 6.97. The van der Waals surface area contributed by atoms with Crippen LogP contribution in [0.5, 0.6) is 0 Å². The van der Waals surface area contributed by atoms with Gasteiger partial charge in [-0.3, -0.25) is 4.79 Å². The largest absolute Gasteiger partial charge is 0.338 e. The first-order valence-electron chi connectivity index (χ1n) is 9.21. The van der Waals surface area contributed by atoms with E-state index in [9.17, 15) is 4.79 Å². The van der Waals surface area contributed by atoms with Crippen molar-refractivity contribution in [2.75, 3.05) is 19.6 Å². The second kappa shape index (κ2) is 7.72. The SMILES string of the molecule is NC[C@@H]1CN(C(=O)c2ccccc2Cn2cncn2)C[C@H]1c1ccccc1. The molecule has 1 aromatic heterocycles. The van der Waals surface area contributed by atoms with Gasteiger partial charge in [0.25, 0.3) is 5.91 Å². The summed E-state index contributed by atoms with van der Waals surface area (Å²) in [5.41, 5.74) is 8.94. The molecule has 3 aromatic rings. The molecular formula is C21H23N5O. The molecule has 2 aromatic carbocycles. The van der Waals surface area contributed by atoms with Crippen LogP contribution in [0, 0.1) is 5.92 Å². The van der Waals surface area contributed by atoms with Crippen LogP contribution in [-0.2, 0) is 6.54 Å². The normalized spacial score (nSPS) is 19.4. The lowest BCUT2D eigenvalue weighted by molar-refractivity contribution is 0.0785. The van der Waals surface area contributed by atoms with Crippen LogP contribution in [-0.4, -0.2) is 45.2 Å². The summed E-state index contributed by atoms with van der Waals surface area (Å²) in [6.45, 7) is 2.48. The van der Waals surface area contributed by atoms with Crippen molar-refractivity contribution in [1.82, 2.24) is 19.7 Å². The molecule has 4 rings (SSSR count). The molecular weight excluding hydrogens is 338 g/mol. The summed E-state index contributed by atoms with van der Waals surface area (Å²) in [4.78, 5) is 19.2. The highest BCUT2D eigenvalue weighted by Gasteiger charge is 2.36. The Morgan fingerprint density at radius 1 is 1.07 bits per heavy atom. The minimum absolute atomic E-state index is 0.0580. The molecule has 0 bridgehead atoms. The molecule has 1 aliphatic rings. The fourth-order valence-electron chi connectivity index (χ4n) is 3.88. The summed E-state index contributed by atoms with van der Waals surface area (Å²) in [6, 6.07) is 18.1. The summed E-state index contributed by atoms with van der Waals surface area (Å²) in [7, 11) is 0. The quantitative estimate of drug-likeness (QED) is 0.755. The van der Waals surface area contributed by atoms with Crippen molar-refractivity contribution in [1.29, 1.82) is 0 Å². The first-order valence-corrected chi connectivity index (χ1v) is 9.21. The van der Waals surface area contributed by atoms with Gasteiger partial charge in [0.1, 0.15) is 12.7 Å². The third-order valence-corrected chi connectivity index (χ3v) is 5.31. The van der Waals surface area contributed by atoms with E-state index in [1.807, 2.05) is 47.4 Å². The molecule has 1 aliphatic heterocycles. The van der Waals surface area contributed by atoms with Crippen LogP contribution in [0.3, 0.4) is 0 Å². The van der Waals surface area contributed by atoms with Gasteiger partial charge in [-0.05, 0) is 29.7 Å². The maximum absolute atomic E-state index is 13.3. The smallest absolute Gasteiger partial charge is 0.254 e. The van der Waals surface area contributed by atoms with Crippen molar-refractivity contribution >= 4 is 5.91 Å². The molecule has 27 heavy (non-hydrogen) atoms. The van der Waals surface area contributed by atoms with Crippen molar-refractivity contribution in [3.8, 4) is 0 Å². The van der Waals surface area contributed by atoms with Gasteiger partial charge >= 0.3 is 0 Å². The monoisotopic (exact) mass is 361 g/mol. The van der Waals surface area contributed by atoms with Crippen molar-refractivity contribution in [3.63, 3.8) is 0 Å². The molecule has 2 heterocycles. The van der Waals surface area contributed by atoms with Gasteiger partial charge in [0.15, 0.2) is 0 Å². The van der Waals surface area contributed by atoms with Crippen LogP contribution in [0.4, 0.5) is 0 Å². The zero-order chi connectivity index (χ0) is 18.6. The standard InChI is InChI=1S/C21H23N5O/c22-10-18-11-25(13-20(18)16-6-2-1-3-7-16)21(27)19-9-5-4-8-17(19)12-26-15-23-14-24-26/h1-9,14-15,18,20H,10-13,22H2/t18-,20+/m1/s1. The third kappa shape index (κ3) is 3.61. The minimum Gasteiger partial charge on any atom is -0.338 e. The number of rotatable bonds is 5. The number of nitrogens with two attached hydrogens (primary N) is 1. The molecule has 6 nitrogen and oxygen atoms in total. The summed E-state index contributed by atoms with van der Waals surface area (Å²) in [5.74, 6) is 0.615. The van der Waals surface area contributed by atoms with Gasteiger partial charge < -0.3 is 10.6 Å². The van der Waals surface area contributed by atoms with Crippen LogP contribution in [0.2, 0.25) is 0 Å². The predicted molar refractivity (Wildman–Crippen MR) is 103 cm³/mol. The summed E-state index contributed by atoms with van der Waals surface area (Å²) in [6.07, 6.45) is 3.16. The van der Waals surface area contributed by atoms with E-state index in [0.717, 1.165) is 11.1 Å². The number of carbonyl (C=O) groups is 1. The lowest BCUT2D eigenvalue weighted by atomic mass is 9.89. The van der Waals surface area contributed by atoms with Gasteiger partial charge in [0.2, 0.25) is 0 Å². The number of carbonyl (C=O) groups excluding carboxylic acids is 1. The average Bonchev–Trinajstić information content (AvgIpc) is 3.38. The summed E-state index contributed by atoms with van der Waals surface area (Å²) >= 11 is 0. The Morgan fingerprint density at radius 3 is 2.59 bits per heavy atom. The zero-order valence-corrected chi connectivity index (χ0v) is 15.1. The maximum Gasteiger partial charge on any atom is 0.254 e. The Labute approximate surface area is 158 Å². The molecule has 2 N–H and O–H groups in total. The second-order valence-corrected chi connectivity index (χ2v) is 6.97. The number of amides is 1. The molecule has 0 spiro atoms. The van der Waals surface area contributed by atoms with Crippen molar-refractivity contribution < 1.29 is 4.79 Å². The zero-order valence-electron chi connectivity index (χ0n) is 15.1. The molecule has 1 fully saturated rings. The number of aromatic nitrogens is 3. The fraction of sp³-hybridized carbons (Fsp3) is 0.286. The molecule has 0 unspecified atom stereocenters. The maximum atomic E-state index is 13.3. The Bertz CT molecular complexity index is 894. The predicted octanol–water partition coefficient (Wildman–Crippen LogP) is 2.14. The summed E-state index contributed by atoms with van der Waals surface area (Å²) < 4.78 is 1.73. The van der Waals surface area contributed by atoms with Gasteiger partial charge in [0.05, 0.1) is 6.54 Å². The van der Waals surface area contributed by atoms with Crippen LogP contribution in [0.1, 0.15) is 27.4 Å². The van der Waals surface area contributed by atoms with E-state index in [2.05, 4.69) is 22.2 Å². The van der Waals surface area contributed by atoms with E-state index in [4.69, 9.17) is 5.73 Å². The first-order chi connectivity index (χ1) is 13.3. The molecule has 0 aliphatic carbocycles. The Morgan fingerprint density at radius 2 is 1.85 bits per heavy atom. The highest BCUT2D eigenvalue weighted by Crippen LogP contribution is 2.33. The van der Waals surface area contributed by atoms with Crippen molar-refractivity contribution in [2.45, 2.75) is 12.5 Å². The number of benzene rings is 2. The van der Waals surface area contributed by atoms with Crippen LogP contribution in [0.25, 0.3) is 0 Å². The fourth-order valence-corrected chi connectivity index (χ4v) is 3.88. The molecule has 138 valence electrons. The summed E-state index contributed by atoms with van der Waals surface area (Å²) in [5, 5.41) is 4.15. The highest BCUT2D eigenvalue weighted by molar-refractivity contribution is 5.96. The van der Waals surface area contributed by atoms with E-state index in [1.165, 1.54) is 11.9 Å². The minimum atomic E-state index is 0.0580. The molecule has 1 saturated heterocycles. The Kier molecular flexibility index (Phi) is 4.98. The Balaban J connectivity index is 1.57. The molecule has 0 saturated carbocycles.